The van der Waals surface area contributed by atoms with Crippen LogP contribution in [0.3, 0.4) is 0 Å². The highest BCUT2D eigenvalue weighted by atomic mass is 32.1. The summed E-state index contributed by atoms with van der Waals surface area (Å²) in [4.78, 5) is 26.4. The molecule has 0 saturated carbocycles. The molecule has 154 valence electrons. The topological polar surface area (TPSA) is 96.5 Å². The fourth-order valence-corrected chi connectivity index (χ4v) is 4.25. The number of rotatable bonds is 4. The minimum atomic E-state index is -0.133. The van der Waals surface area contributed by atoms with Gasteiger partial charge in [0.05, 0.1) is 34.5 Å². The molecule has 1 aromatic carbocycles. The standard InChI is InChI=1S/C22H24N6OS/c1-12-8-14(18-16-9-26-28-19(16)25-11-24-18)6-7-15(12)13(2)27-20(29)17-10-23-21(30-17)22(3,4)5/h6-11,13H,1-5H3,(H,27,29)(H,24,25,26,28)/t13-/m1/s1. The molecule has 0 aliphatic rings. The number of aromatic amines is 1. The number of amides is 1. The van der Waals surface area contributed by atoms with Crippen molar-refractivity contribution in [2.24, 2.45) is 0 Å². The monoisotopic (exact) mass is 420 g/mol. The molecule has 3 aromatic heterocycles. The second-order valence-electron chi connectivity index (χ2n) is 8.40. The van der Waals surface area contributed by atoms with Crippen molar-refractivity contribution in [1.29, 1.82) is 0 Å². The first-order valence-electron chi connectivity index (χ1n) is 9.76. The van der Waals surface area contributed by atoms with Gasteiger partial charge in [-0.2, -0.15) is 5.10 Å². The first-order valence-corrected chi connectivity index (χ1v) is 10.6. The first kappa shape index (κ1) is 20.2. The van der Waals surface area contributed by atoms with Gasteiger partial charge in [-0.25, -0.2) is 15.0 Å². The zero-order chi connectivity index (χ0) is 21.5. The molecule has 3 heterocycles. The van der Waals surface area contributed by atoms with Crippen molar-refractivity contribution >= 4 is 28.3 Å². The van der Waals surface area contributed by atoms with E-state index in [4.69, 9.17) is 0 Å². The average Bonchev–Trinajstić information content (AvgIpc) is 3.36. The third kappa shape index (κ3) is 3.82. The number of carbonyl (C=O) groups excluding carboxylic acids is 1. The zero-order valence-corrected chi connectivity index (χ0v) is 18.5. The van der Waals surface area contributed by atoms with Gasteiger partial charge in [-0.3, -0.25) is 9.89 Å². The van der Waals surface area contributed by atoms with Crippen molar-refractivity contribution < 1.29 is 4.79 Å². The van der Waals surface area contributed by atoms with Crippen LogP contribution in [0, 0.1) is 6.92 Å². The van der Waals surface area contributed by atoms with Gasteiger partial charge in [0.25, 0.3) is 5.91 Å². The van der Waals surface area contributed by atoms with Gasteiger partial charge in [-0.1, -0.05) is 32.9 Å². The molecule has 1 atom stereocenters. The fourth-order valence-electron chi connectivity index (χ4n) is 3.38. The van der Waals surface area contributed by atoms with Crippen LogP contribution in [0.4, 0.5) is 0 Å². The summed E-state index contributed by atoms with van der Waals surface area (Å²) in [6, 6.07) is 6.00. The lowest BCUT2D eigenvalue weighted by atomic mass is 9.98. The molecule has 2 N–H and O–H groups in total. The molecule has 1 amide bonds. The summed E-state index contributed by atoms with van der Waals surface area (Å²) in [7, 11) is 0. The van der Waals surface area contributed by atoms with E-state index in [1.807, 2.05) is 26.0 Å². The van der Waals surface area contributed by atoms with Gasteiger partial charge < -0.3 is 5.32 Å². The Morgan fingerprint density at radius 3 is 2.67 bits per heavy atom. The predicted octanol–water partition coefficient (Wildman–Crippen LogP) is 4.57. The van der Waals surface area contributed by atoms with Crippen molar-refractivity contribution in [2.45, 2.75) is 46.1 Å². The Hall–Kier alpha value is -3.13. The van der Waals surface area contributed by atoms with Crippen LogP contribution in [0.2, 0.25) is 0 Å². The number of fused-ring (bicyclic) bond motifs is 1. The van der Waals surface area contributed by atoms with Crippen LogP contribution in [-0.2, 0) is 5.41 Å². The number of benzene rings is 1. The molecular weight excluding hydrogens is 396 g/mol. The lowest BCUT2D eigenvalue weighted by Gasteiger charge is -2.17. The summed E-state index contributed by atoms with van der Waals surface area (Å²) >= 11 is 1.44. The molecule has 0 aliphatic carbocycles. The number of nitrogens with one attached hydrogen (secondary N) is 2. The predicted molar refractivity (Wildman–Crippen MR) is 119 cm³/mol. The van der Waals surface area contributed by atoms with E-state index in [1.54, 1.807) is 12.4 Å². The molecule has 7 nitrogen and oxygen atoms in total. The van der Waals surface area contributed by atoms with E-state index in [0.29, 0.717) is 10.5 Å². The summed E-state index contributed by atoms with van der Waals surface area (Å²) in [5.74, 6) is -0.102. The summed E-state index contributed by atoms with van der Waals surface area (Å²) in [5, 5.41) is 11.9. The first-order chi connectivity index (χ1) is 14.2. The third-order valence-electron chi connectivity index (χ3n) is 4.98. The molecule has 0 aliphatic heterocycles. The van der Waals surface area contributed by atoms with Gasteiger partial charge in [-0.05, 0) is 31.0 Å². The molecule has 8 heteroatoms. The zero-order valence-electron chi connectivity index (χ0n) is 17.6. The number of H-pyrrole nitrogens is 1. The maximum Gasteiger partial charge on any atom is 0.263 e. The van der Waals surface area contributed by atoms with Crippen LogP contribution < -0.4 is 5.32 Å². The van der Waals surface area contributed by atoms with Crippen LogP contribution in [0.25, 0.3) is 22.3 Å². The van der Waals surface area contributed by atoms with Crippen LogP contribution in [0.1, 0.15) is 59.5 Å². The van der Waals surface area contributed by atoms with Gasteiger partial charge in [0, 0.05) is 11.0 Å². The summed E-state index contributed by atoms with van der Waals surface area (Å²) < 4.78 is 0. The quantitative estimate of drug-likeness (QED) is 0.504. The van der Waals surface area contributed by atoms with E-state index in [0.717, 1.165) is 32.8 Å². The number of nitrogens with zero attached hydrogens (tertiary/aromatic N) is 4. The lowest BCUT2D eigenvalue weighted by Crippen LogP contribution is -2.26. The molecule has 4 aromatic rings. The maximum atomic E-state index is 12.7. The van der Waals surface area contributed by atoms with Crippen molar-refractivity contribution in [3.05, 3.63) is 57.9 Å². The van der Waals surface area contributed by atoms with Crippen LogP contribution in [0.15, 0.2) is 36.9 Å². The Kier molecular flexibility index (Phi) is 5.11. The molecule has 0 spiro atoms. The van der Waals surface area contributed by atoms with E-state index in [2.05, 4.69) is 57.3 Å². The summed E-state index contributed by atoms with van der Waals surface area (Å²) in [6.07, 6.45) is 4.93. The highest BCUT2D eigenvalue weighted by molar-refractivity contribution is 7.13. The van der Waals surface area contributed by atoms with E-state index in [1.165, 1.54) is 17.7 Å². The Labute approximate surface area is 179 Å². The number of carbonyl (C=O) groups is 1. The highest BCUT2D eigenvalue weighted by Crippen LogP contribution is 2.29. The van der Waals surface area contributed by atoms with E-state index < -0.39 is 0 Å². The highest BCUT2D eigenvalue weighted by Gasteiger charge is 2.21. The van der Waals surface area contributed by atoms with E-state index in [9.17, 15) is 4.79 Å². The normalized spacial score (nSPS) is 12.8. The molecule has 0 fully saturated rings. The van der Waals surface area contributed by atoms with Gasteiger partial charge in [0.1, 0.15) is 11.2 Å². The van der Waals surface area contributed by atoms with Gasteiger partial charge >= 0.3 is 0 Å². The summed E-state index contributed by atoms with van der Waals surface area (Å²) in [6.45, 7) is 10.3. The minimum absolute atomic E-state index is 0.0668. The Bertz CT molecular complexity index is 1220. The molecular formula is C22H24N6OS. The molecule has 0 bridgehead atoms. The Balaban J connectivity index is 1.55. The number of hydrogen-bond donors (Lipinski definition) is 2. The Morgan fingerprint density at radius 1 is 1.17 bits per heavy atom. The molecule has 0 radical (unpaired) electrons. The number of hydrogen-bond acceptors (Lipinski definition) is 6. The smallest absolute Gasteiger partial charge is 0.263 e. The molecule has 4 rings (SSSR count). The Morgan fingerprint density at radius 2 is 1.97 bits per heavy atom. The second kappa shape index (κ2) is 7.60. The van der Waals surface area contributed by atoms with Crippen molar-refractivity contribution in [3.63, 3.8) is 0 Å². The van der Waals surface area contributed by atoms with Crippen molar-refractivity contribution in [1.82, 2.24) is 30.5 Å². The molecule has 0 unspecified atom stereocenters. The average molecular weight is 421 g/mol. The van der Waals surface area contributed by atoms with Crippen molar-refractivity contribution in [2.75, 3.05) is 0 Å². The van der Waals surface area contributed by atoms with Crippen LogP contribution in [0.5, 0.6) is 0 Å². The third-order valence-corrected chi connectivity index (χ3v) is 6.40. The number of thiazole rings is 1. The van der Waals surface area contributed by atoms with Crippen LogP contribution >= 0.6 is 11.3 Å². The number of aromatic nitrogens is 5. The second-order valence-corrected chi connectivity index (χ2v) is 9.43. The van der Waals surface area contributed by atoms with E-state index in [-0.39, 0.29) is 17.4 Å². The maximum absolute atomic E-state index is 12.7. The number of aryl methyl sites for hydroxylation is 1. The summed E-state index contributed by atoms with van der Waals surface area (Å²) in [5.41, 5.74) is 4.60. The van der Waals surface area contributed by atoms with Gasteiger partial charge in [0.15, 0.2) is 5.65 Å². The molecule has 30 heavy (non-hydrogen) atoms. The van der Waals surface area contributed by atoms with E-state index >= 15 is 0 Å². The largest absolute Gasteiger partial charge is 0.345 e. The minimum Gasteiger partial charge on any atom is -0.345 e. The van der Waals surface area contributed by atoms with Gasteiger partial charge in [-0.15, -0.1) is 11.3 Å². The van der Waals surface area contributed by atoms with Crippen molar-refractivity contribution in [3.8, 4) is 11.3 Å². The van der Waals surface area contributed by atoms with Gasteiger partial charge in [0.2, 0.25) is 0 Å². The molecule has 0 saturated heterocycles. The SMILES string of the molecule is Cc1cc(-c2ncnc3[nH]ncc23)ccc1[C@@H](C)NC(=O)c1cnc(C(C)(C)C)s1. The fraction of sp³-hybridized carbons (Fsp3) is 0.318. The van der Waals surface area contributed by atoms with Crippen LogP contribution in [-0.4, -0.2) is 31.1 Å². The lowest BCUT2D eigenvalue weighted by molar-refractivity contribution is 0.0943.